The molecule has 2 aromatic carbocycles. The van der Waals surface area contributed by atoms with E-state index in [9.17, 15) is 28.7 Å². The number of aromatic carboxylic acids is 1. The normalized spacial score (nSPS) is 19.4. The summed E-state index contributed by atoms with van der Waals surface area (Å²) in [5, 5.41) is 12.1. The minimum absolute atomic E-state index is 0.0143. The first-order valence-corrected chi connectivity index (χ1v) is 15.7. The van der Waals surface area contributed by atoms with Gasteiger partial charge in [0.05, 0.1) is 42.3 Å². The Labute approximate surface area is 268 Å². The van der Waals surface area contributed by atoms with E-state index in [2.05, 4.69) is 5.32 Å². The van der Waals surface area contributed by atoms with Crippen LogP contribution in [0.1, 0.15) is 55.9 Å². The Hall–Kier alpha value is -4.88. The maximum absolute atomic E-state index is 15.6. The van der Waals surface area contributed by atoms with Gasteiger partial charge in [0.25, 0.3) is 0 Å². The molecule has 0 radical (unpaired) electrons. The summed E-state index contributed by atoms with van der Waals surface area (Å²) in [5.74, 6) is -2.13. The molecule has 0 bridgehead atoms. The van der Waals surface area contributed by atoms with Gasteiger partial charge in [-0.3, -0.25) is 14.5 Å². The third kappa shape index (κ3) is 6.41. The largest absolute Gasteiger partial charge is 0.491 e. The van der Waals surface area contributed by atoms with Crippen LogP contribution in [0.25, 0.3) is 10.9 Å². The molecule has 0 saturated carbocycles. The predicted octanol–water partition coefficient (Wildman–Crippen LogP) is 4.47. The SMILES string of the molecule is CC(=O)NC[C@H]1CN(c2ccc(OCCCC3CCN(c4c(F)cc5c(=O)c(C(=O)O)cn6c5c4OCC6C)CC3)c(F)c2)C(=O)O1. The number of carboxylic acid groups (broad SMARTS) is 1. The molecule has 250 valence electrons. The molecule has 4 heterocycles. The summed E-state index contributed by atoms with van der Waals surface area (Å²) in [6.45, 7) is 5.23. The molecular formula is C33H36F2N4O8. The highest BCUT2D eigenvalue weighted by Crippen LogP contribution is 2.43. The van der Waals surface area contributed by atoms with Crippen molar-refractivity contribution in [3.8, 4) is 11.5 Å². The summed E-state index contributed by atoms with van der Waals surface area (Å²) in [6.07, 6.45) is 3.27. The van der Waals surface area contributed by atoms with Gasteiger partial charge in [-0.2, -0.15) is 0 Å². The zero-order chi connectivity index (χ0) is 33.4. The van der Waals surface area contributed by atoms with Crippen LogP contribution in [0.2, 0.25) is 0 Å². The fourth-order valence-corrected chi connectivity index (χ4v) is 6.53. The number of piperidine rings is 1. The Morgan fingerprint density at radius 2 is 1.89 bits per heavy atom. The Kier molecular flexibility index (Phi) is 8.93. The van der Waals surface area contributed by atoms with Gasteiger partial charge in [-0.25, -0.2) is 18.4 Å². The number of amides is 2. The average molecular weight is 655 g/mol. The number of aromatic nitrogens is 1. The lowest BCUT2D eigenvalue weighted by Crippen LogP contribution is -2.36. The number of halogens is 2. The summed E-state index contributed by atoms with van der Waals surface area (Å²) >= 11 is 0. The number of carboxylic acids is 1. The highest BCUT2D eigenvalue weighted by atomic mass is 19.1. The third-order valence-corrected chi connectivity index (χ3v) is 9.00. The second kappa shape index (κ2) is 13.1. The topological polar surface area (TPSA) is 140 Å². The van der Waals surface area contributed by atoms with Gasteiger partial charge < -0.3 is 34.1 Å². The minimum Gasteiger partial charge on any atom is -0.491 e. The van der Waals surface area contributed by atoms with Crippen LogP contribution in [0.4, 0.5) is 25.0 Å². The zero-order valence-corrected chi connectivity index (χ0v) is 26.1. The van der Waals surface area contributed by atoms with Crippen molar-refractivity contribution in [1.29, 1.82) is 0 Å². The molecule has 2 atom stereocenters. The number of nitrogens with one attached hydrogen (secondary N) is 1. The average Bonchev–Trinajstić information content (AvgIpc) is 3.42. The van der Waals surface area contributed by atoms with E-state index in [1.54, 1.807) is 10.6 Å². The van der Waals surface area contributed by atoms with Gasteiger partial charge in [0.2, 0.25) is 11.3 Å². The maximum atomic E-state index is 15.6. The van der Waals surface area contributed by atoms with Crippen LogP contribution in [0.3, 0.4) is 0 Å². The zero-order valence-electron chi connectivity index (χ0n) is 26.1. The van der Waals surface area contributed by atoms with Crippen LogP contribution >= 0.6 is 0 Å². The fraction of sp³-hybridized carbons (Fsp3) is 0.455. The van der Waals surface area contributed by atoms with Crippen LogP contribution in [0.5, 0.6) is 11.5 Å². The number of benzene rings is 2. The molecule has 14 heteroatoms. The minimum atomic E-state index is -1.36. The van der Waals surface area contributed by atoms with Crippen molar-refractivity contribution in [1.82, 2.24) is 9.88 Å². The van der Waals surface area contributed by atoms with E-state index in [-0.39, 0.29) is 54.2 Å². The molecule has 3 aliphatic heterocycles. The van der Waals surface area contributed by atoms with Crippen LogP contribution < -0.4 is 30.0 Å². The van der Waals surface area contributed by atoms with Crippen LogP contribution in [0, 0.1) is 17.6 Å². The van der Waals surface area contributed by atoms with Crippen molar-refractivity contribution in [2.24, 2.45) is 5.92 Å². The molecule has 2 amide bonds. The summed E-state index contributed by atoms with van der Waals surface area (Å²) in [6, 6.07) is 5.18. The second-order valence-electron chi connectivity index (χ2n) is 12.3. The first-order chi connectivity index (χ1) is 22.5. The smallest absolute Gasteiger partial charge is 0.414 e. The van der Waals surface area contributed by atoms with Crippen molar-refractivity contribution >= 4 is 40.2 Å². The van der Waals surface area contributed by atoms with Crippen LogP contribution in [-0.4, -0.2) is 73.1 Å². The molecule has 3 aliphatic rings. The fourth-order valence-electron chi connectivity index (χ4n) is 6.53. The number of pyridine rings is 1. The Morgan fingerprint density at radius 1 is 1.13 bits per heavy atom. The first-order valence-electron chi connectivity index (χ1n) is 15.7. The number of carbonyl (C=O) groups excluding carboxylic acids is 2. The molecule has 2 fully saturated rings. The second-order valence-corrected chi connectivity index (χ2v) is 12.3. The van der Waals surface area contributed by atoms with Gasteiger partial charge in [0.1, 0.15) is 24.0 Å². The van der Waals surface area contributed by atoms with Crippen LogP contribution in [0.15, 0.2) is 35.3 Å². The van der Waals surface area contributed by atoms with Crippen molar-refractivity contribution in [2.75, 3.05) is 49.2 Å². The van der Waals surface area contributed by atoms with Gasteiger partial charge in [-0.1, -0.05) is 0 Å². The van der Waals surface area contributed by atoms with Gasteiger partial charge in [-0.15, -0.1) is 0 Å². The summed E-state index contributed by atoms with van der Waals surface area (Å²) < 4.78 is 49.0. The first kappa shape index (κ1) is 32.1. The summed E-state index contributed by atoms with van der Waals surface area (Å²) in [5.41, 5.74) is -0.124. The van der Waals surface area contributed by atoms with E-state index in [0.29, 0.717) is 43.2 Å². The standard InChI is InChI=1S/C33H36F2N4O8/c1-18-17-46-31-28-23(30(41)24(32(42)43)16-38(18)28)13-26(35)29(31)37-9-7-20(8-10-37)4-3-11-45-27-6-5-21(12-25(27)34)39-15-22(47-33(39)44)14-36-19(2)40/h5-6,12-13,16,18,20,22H,3-4,7-11,14-15,17H2,1-2H3,(H,36,40)(H,42,43)/t18?,22-/m0/s1. The third-order valence-electron chi connectivity index (χ3n) is 9.00. The number of anilines is 2. The molecule has 2 saturated heterocycles. The van der Waals surface area contributed by atoms with Gasteiger partial charge in [0, 0.05) is 32.3 Å². The highest BCUT2D eigenvalue weighted by Gasteiger charge is 2.34. The van der Waals surface area contributed by atoms with E-state index in [4.69, 9.17) is 14.2 Å². The van der Waals surface area contributed by atoms with Gasteiger partial charge in [0.15, 0.2) is 23.1 Å². The summed E-state index contributed by atoms with van der Waals surface area (Å²) in [4.78, 5) is 51.1. The molecule has 1 unspecified atom stereocenters. The Balaban J connectivity index is 1.03. The van der Waals surface area contributed by atoms with E-state index < -0.39 is 40.8 Å². The summed E-state index contributed by atoms with van der Waals surface area (Å²) in [7, 11) is 0. The molecule has 1 aromatic heterocycles. The Bertz CT molecular complexity index is 1790. The van der Waals surface area contributed by atoms with E-state index >= 15 is 4.39 Å². The number of carbonyl (C=O) groups is 3. The number of cyclic esters (lactones) is 1. The molecule has 6 rings (SSSR count). The van der Waals surface area contributed by atoms with Crippen molar-refractivity contribution < 1.29 is 42.5 Å². The van der Waals surface area contributed by atoms with Crippen LogP contribution in [-0.2, 0) is 9.53 Å². The van der Waals surface area contributed by atoms with Gasteiger partial charge >= 0.3 is 12.1 Å². The highest BCUT2D eigenvalue weighted by molar-refractivity contribution is 5.97. The lowest BCUT2D eigenvalue weighted by atomic mass is 9.92. The van der Waals surface area contributed by atoms with E-state index in [1.165, 1.54) is 30.2 Å². The van der Waals surface area contributed by atoms with E-state index in [1.807, 2.05) is 11.8 Å². The quantitative estimate of drug-likeness (QED) is 0.303. The number of hydrogen-bond acceptors (Lipinski definition) is 8. The molecule has 2 N–H and O–H groups in total. The number of rotatable bonds is 10. The molecule has 0 aliphatic carbocycles. The Morgan fingerprint density at radius 3 is 2.60 bits per heavy atom. The molecule has 3 aromatic rings. The molecule has 0 spiro atoms. The lowest BCUT2D eigenvalue weighted by Gasteiger charge is -2.36. The van der Waals surface area contributed by atoms with Crippen molar-refractivity contribution in [3.63, 3.8) is 0 Å². The predicted molar refractivity (Wildman–Crippen MR) is 168 cm³/mol. The lowest BCUT2D eigenvalue weighted by molar-refractivity contribution is -0.119. The molecule has 47 heavy (non-hydrogen) atoms. The molecular weight excluding hydrogens is 618 g/mol. The molecule has 12 nitrogen and oxygen atoms in total. The van der Waals surface area contributed by atoms with E-state index in [0.717, 1.165) is 25.3 Å². The van der Waals surface area contributed by atoms with Gasteiger partial charge in [-0.05, 0) is 56.7 Å². The monoisotopic (exact) mass is 654 g/mol. The van der Waals surface area contributed by atoms with Crippen molar-refractivity contribution in [3.05, 3.63) is 57.9 Å². The number of ether oxygens (including phenoxy) is 3. The maximum Gasteiger partial charge on any atom is 0.414 e. The number of hydrogen-bond donors (Lipinski definition) is 2. The number of nitrogens with zero attached hydrogens (tertiary/aromatic N) is 3. The van der Waals surface area contributed by atoms with Crippen molar-refractivity contribution in [2.45, 2.75) is 51.7 Å².